The topological polar surface area (TPSA) is 13.0 Å². The second-order valence-electron chi connectivity index (χ2n) is 14.5. The van der Waals surface area contributed by atoms with Crippen molar-refractivity contribution in [2.24, 2.45) is 0 Å². The van der Waals surface area contributed by atoms with Crippen LogP contribution in [0.5, 0.6) is 0 Å². The summed E-state index contributed by atoms with van der Waals surface area (Å²) in [7, 11) is 8.71. The van der Waals surface area contributed by atoms with Crippen LogP contribution in [0.1, 0.15) is 52.7 Å². The van der Waals surface area contributed by atoms with Gasteiger partial charge in [0.25, 0.3) is 0 Å². The van der Waals surface area contributed by atoms with E-state index in [1.807, 2.05) is 0 Å². The second-order valence-corrected chi connectivity index (χ2v) is 15.5. The molecule has 1 aliphatic heterocycles. The molecule has 0 unspecified atom stereocenters. The fraction of sp³-hybridized carbons (Fsp3) is 0.324. The van der Waals surface area contributed by atoms with Crippen LogP contribution in [0.25, 0.3) is 22.3 Å². The van der Waals surface area contributed by atoms with Gasteiger partial charge in [-0.2, -0.15) is 0 Å². The van der Waals surface area contributed by atoms with E-state index in [2.05, 4.69) is 205 Å². The van der Waals surface area contributed by atoms with Crippen molar-refractivity contribution in [1.29, 1.82) is 0 Å². The van der Waals surface area contributed by atoms with Crippen LogP contribution in [0.4, 0.5) is 11.4 Å². The average Bonchev–Trinajstić information content (AvgIpc) is 3.30. The molecule has 0 amide bonds. The maximum atomic E-state index is 2.52. The number of nitrogens with zero attached hydrogens (tertiary/aromatic N) is 4. The van der Waals surface area contributed by atoms with Gasteiger partial charge in [-0.3, -0.25) is 0 Å². The molecule has 4 aromatic carbocycles. The Balaban J connectivity index is 1.44. The van der Waals surface area contributed by atoms with Gasteiger partial charge in [0.1, 0.15) is 0 Å². The first-order chi connectivity index (χ1) is 20.7. The second kappa shape index (κ2) is 12.5. The minimum absolute atomic E-state index is 0.124. The van der Waals surface area contributed by atoms with Crippen molar-refractivity contribution in [3.8, 4) is 22.3 Å². The Morgan fingerprint density at radius 3 is 0.932 bits per heavy atom. The first kappa shape index (κ1) is 32.5. The Bertz CT molecular complexity index is 1460. The molecule has 0 radical (unpaired) electrons. The fourth-order valence-corrected chi connectivity index (χ4v) is 7.22. The normalized spacial score (nSPS) is 14.5. The van der Waals surface area contributed by atoms with E-state index in [9.17, 15) is 0 Å². The Labute approximate surface area is 277 Å². The van der Waals surface area contributed by atoms with Crippen LogP contribution in [0.15, 0.2) is 97.1 Å². The van der Waals surface area contributed by atoms with Crippen LogP contribution in [0.2, 0.25) is 0 Å². The molecule has 0 saturated carbocycles. The summed E-state index contributed by atoms with van der Waals surface area (Å²) in [4.78, 5) is 9.59. The van der Waals surface area contributed by atoms with Gasteiger partial charge in [-0.25, -0.2) is 0 Å². The van der Waals surface area contributed by atoms with E-state index < -0.39 is 0 Å². The number of anilines is 2. The molecule has 1 fully saturated rings. The molecule has 7 heteroatoms. The summed E-state index contributed by atoms with van der Waals surface area (Å²) >= 11 is 2.52. The summed E-state index contributed by atoms with van der Waals surface area (Å²) in [6.45, 7) is 13.8. The summed E-state index contributed by atoms with van der Waals surface area (Å²) in [6.07, 6.45) is 0. The Morgan fingerprint density at radius 2 is 0.705 bits per heavy atom. The van der Waals surface area contributed by atoms with Crippen LogP contribution in [0.3, 0.4) is 0 Å². The van der Waals surface area contributed by atoms with E-state index in [0.717, 1.165) is 0 Å². The van der Waals surface area contributed by atoms with Gasteiger partial charge in [0, 0.05) is 0 Å². The Hall–Kier alpha value is -2.91. The van der Waals surface area contributed by atoms with Crippen molar-refractivity contribution < 1.29 is 19.4 Å². The van der Waals surface area contributed by atoms with Crippen molar-refractivity contribution in [2.45, 2.75) is 52.4 Å². The van der Waals surface area contributed by atoms with Gasteiger partial charge in [0.2, 0.25) is 0 Å². The van der Waals surface area contributed by atoms with E-state index in [1.54, 1.807) is 0 Å². The molecule has 44 heavy (non-hydrogen) atoms. The van der Waals surface area contributed by atoms with E-state index >= 15 is 0 Å². The minimum atomic E-state index is 0.124. The molecular weight excluding hydrogens is 717 g/mol. The van der Waals surface area contributed by atoms with Gasteiger partial charge in [0.15, 0.2) is 0 Å². The quantitative estimate of drug-likeness (QED) is 0.186. The molecule has 0 N–H and O–H groups in total. The van der Waals surface area contributed by atoms with Gasteiger partial charge in [0.05, 0.1) is 0 Å². The summed E-state index contributed by atoms with van der Waals surface area (Å²) in [5, 5.41) is 0. The number of benzene rings is 4. The molecule has 0 aliphatic carbocycles. The van der Waals surface area contributed by atoms with Crippen LogP contribution in [0, 0.1) is 0 Å². The van der Waals surface area contributed by atoms with Crippen molar-refractivity contribution in [2.75, 3.05) is 37.8 Å². The third-order valence-corrected chi connectivity index (χ3v) is 9.78. The zero-order chi connectivity index (χ0) is 32.0. The molecule has 0 bridgehead atoms. The third-order valence-electron chi connectivity index (χ3n) is 8.68. The molecule has 0 atom stereocenters. The number of hydrogen-bond donors (Lipinski definition) is 0. The van der Waals surface area contributed by atoms with Crippen LogP contribution in [-0.4, -0.2) is 55.7 Å². The van der Waals surface area contributed by atoms with Gasteiger partial charge in [-0.1, -0.05) is 0 Å². The standard InChI is InChI=1S/C37H46B2N4.Pt/c1-36(2,3)32-19-11-28(12-20-32)30-15-23-34(24-16-30)42-27-43(39(41(9)10)38(42)40(7)8)35-25-17-31(18-26-35)29-13-21-33(22-14-29)37(4,5)6;/h11-26H,1-10H3;. The van der Waals surface area contributed by atoms with Crippen molar-refractivity contribution in [1.82, 2.24) is 9.62 Å². The SMILES string of the molecule is CN(C)B1B(N(C)C)N(c2ccc(-c3ccc(C(C)(C)C)cc3)cc2)[C](=[Pt])N1c1ccc(-c2ccc(C(C)(C)C)cc2)cc1. The van der Waals surface area contributed by atoms with E-state index in [1.165, 1.54) is 48.9 Å². The van der Waals surface area contributed by atoms with E-state index in [4.69, 9.17) is 0 Å². The van der Waals surface area contributed by atoms with Crippen molar-refractivity contribution in [3.63, 3.8) is 0 Å². The summed E-state index contributed by atoms with van der Waals surface area (Å²) < 4.78 is 1.19. The summed E-state index contributed by atoms with van der Waals surface area (Å²) in [5.41, 5.74) is 10.3. The predicted octanol–water partition coefficient (Wildman–Crippen LogP) is 7.75. The molecule has 1 saturated heterocycles. The fourth-order valence-electron chi connectivity index (χ4n) is 6.04. The van der Waals surface area contributed by atoms with Gasteiger partial charge in [-0.15, -0.1) is 0 Å². The van der Waals surface area contributed by atoms with Crippen LogP contribution < -0.4 is 9.62 Å². The molecule has 0 spiro atoms. The molecule has 1 heterocycles. The van der Waals surface area contributed by atoms with Crippen LogP contribution >= 0.6 is 0 Å². The zero-order valence-electron chi connectivity index (χ0n) is 28.0. The molecule has 5 rings (SSSR count). The molecule has 0 aromatic heterocycles. The molecular formula is C37H46B2N4Pt. The van der Waals surface area contributed by atoms with Crippen molar-refractivity contribution in [3.05, 3.63) is 108 Å². The maximum absolute atomic E-state index is 2.52. The first-order valence-corrected chi connectivity index (χ1v) is 16.6. The Morgan fingerprint density at radius 1 is 0.455 bits per heavy atom. The molecule has 4 aromatic rings. The van der Waals surface area contributed by atoms with Gasteiger partial charge in [-0.05, 0) is 0 Å². The average molecular weight is 764 g/mol. The molecule has 230 valence electrons. The first-order valence-electron chi connectivity index (χ1n) is 15.5. The third kappa shape index (κ3) is 6.54. The van der Waals surface area contributed by atoms with Crippen LogP contribution in [-0.2, 0) is 30.2 Å². The van der Waals surface area contributed by atoms with E-state index in [-0.39, 0.29) is 24.6 Å². The number of rotatable bonds is 6. The zero-order valence-corrected chi connectivity index (χ0v) is 30.3. The monoisotopic (exact) mass is 763 g/mol. The number of hydrogen-bond acceptors (Lipinski definition) is 4. The van der Waals surface area contributed by atoms with E-state index in [0.29, 0.717) is 0 Å². The van der Waals surface area contributed by atoms with Gasteiger partial charge < -0.3 is 0 Å². The summed E-state index contributed by atoms with van der Waals surface area (Å²) in [5.74, 6) is 0. The molecule has 4 nitrogen and oxygen atoms in total. The molecule has 1 aliphatic rings. The Kier molecular flexibility index (Phi) is 9.20. The summed E-state index contributed by atoms with van der Waals surface area (Å²) in [6, 6.07) is 36.1. The predicted molar refractivity (Wildman–Crippen MR) is 190 cm³/mol. The van der Waals surface area contributed by atoms with Gasteiger partial charge >= 0.3 is 279 Å². The van der Waals surface area contributed by atoms with Crippen molar-refractivity contribution >= 4 is 29.3 Å².